The van der Waals surface area contributed by atoms with Crippen LogP contribution in [-0.2, 0) is 29.4 Å². The van der Waals surface area contributed by atoms with Gasteiger partial charge < -0.3 is 4.74 Å². The molecule has 126 valence electrons. The molecule has 2 aromatic rings. The first-order valence-electron chi connectivity index (χ1n) is 7.92. The summed E-state index contributed by atoms with van der Waals surface area (Å²) in [5, 5.41) is 4.21. The van der Waals surface area contributed by atoms with Crippen LogP contribution in [0.4, 0.5) is 0 Å². The quantitative estimate of drug-likeness (QED) is 0.903. The van der Waals surface area contributed by atoms with Crippen molar-refractivity contribution in [3.05, 3.63) is 41.2 Å². The van der Waals surface area contributed by atoms with Crippen LogP contribution in [0.15, 0.2) is 29.2 Å². The van der Waals surface area contributed by atoms with E-state index in [2.05, 4.69) is 9.82 Å². The molecule has 0 fully saturated rings. The smallest absolute Gasteiger partial charge is 0.285 e. The van der Waals surface area contributed by atoms with Crippen molar-refractivity contribution in [2.45, 2.75) is 37.1 Å². The average Bonchev–Trinajstić information content (AvgIpc) is 3.20. The molecule has 1 aromatic carbocycles. The van der Waals surface area contributed by atoms with E-state index in [0.29, 0.717) is 18.8 Å². The number of aryl methyl sites for hydroxylation is 2. The minimum absolute atomic E-state index is 0.0593. The summed E-state index contributed by atoms with van der Waals surface area (Å²) in [6.45, 7) is 1.31. The molecule has 7 nitrogen and oxygen atoms in total. The summed E-state index contributed by atoms with van der Waals surface area (Å²) in [7, 11) is -3.94. The number of fused-ring (bicyclic) bond motifs is 2. The van der Waals surface area contributed by atoms with Crippen molar-refractivity contribution in [3.63, 3.8) is 0 Å². The van der Waals surface area contributed by atoms with Gasteiger partial charge in [0.05, 0.1) is 11.5 Å². The minimum Gasteiger partial charge on any atom is -0.493 e. The predicted octanol–water partition coefficient (Wildman–Crippen LogP) is 1.27. The summed E-state index contributed by atoms with van der Waals surface area (Å²) >= 11 is 0. The van der Waals surface area contributed by atoms with Crippen LogP contribution in [0.2, 0.25) is 0 Å². The van der Waals surface area contributed by atoms with Crippen molar-refractivity contribution in [2.24, 2.45) is 0 Å². The molecule has 0 spiro atoms. The number of nitrogens with zero attached hydrogens (tertiary/aromatic N) is 2. The van der Waals surface area contributed by atoms with Gasteiger partial charge in [-0.1, -0.05) is 0 Å². The zero-order valence-corrected chi connectivity index (χ0v) is 13.8. The molecule has 3 heterocycles. The van der Waals surface area contributed by atoms with Gasteiger partial charge in [0.25, 0.3) is 15.9 Å². The Kier molecular flexibility index (Phi) is 3.56. The molecule has 0 unspecified atom stereocenters. The average molecular weight is 347 g/mol. The van der Waals surface area contributed by atoms with E-state index < -0.39 is 15.9 Å². The number of carbonyl (C=O) groups excluding carboxylic acids is 1. The van der Waals surface area contributed by atoms with Gasteiger partial charge in [-0.05, 0) is 49.1 Å². The fourth-order valence-corrected chi connectivity index (χ4v) is 4.10. The van der Waals surface area contributed by atoms with Gasteiger partial charge in [0.1, 0.15) is 5.75 Å². The normalized spacial score (nSPS) is 16.2. The first-order chi connectivity index (χ1) is 11.5. The van der Waals surface area contributed by atoms with Crippen molar-refractivity contribution in [3.8, 4) is 5.75 Å². The lowest BCUT2D eigenvalue weighted by Gasteiger charge is -2.11. The molecule has 24 heavy (non-hydrogen) atoms. The topological polar surface area (TPSA) is 90.3 Å². The van der Waals surface area contributed by atoms with E-state index in [1.807, 2.05) is 0 Å². The number of benzene rings is 1. The number of hydrogen-bond donors (Lipinski definition) is 1. The molecule has 1 amide bonds. The Balaban J connectivity index is 1.57. The molecule has 1 aromatic heterocycles. The first kappa shape index (κ1) is 15.2. The highest BCUT2D eigenvalue weighted by Gasteiger charge is 2.24. The lowest BCUT2D eigenvalue weighted by molar-refractivity contribution is 0.0975. The molecule has 0 saturated carbocycles. The van der Waals surface area contributed by atoms with E-state index in [1.165, 1.54) is 6.07 Å². The molecular weight excluding hydrogens is 330 g/mol. The maximum Gasteiger partial charge on any atom is 0.285 e. The van der Waals surface area contributed by atoms with Gasteiger partial charge in [-0.25, -0.2) is 13.1 Å². The van der Waals surface area contributed by atoms with Gasteiger partial charge in [-0.15, -0.1) is 0 Å². The van der Waals surface area contributed by atoms with Crippen LogP contribution in [-0.4, -0.2) is 30.7 Å². The molecule has 0 atom stereocenters. The second kappa shape index (κ2) is 5.62. The molecule has 2 aliphatic heterocycles. The second-order valence-electron chi connectivity index (χ2n) is 6.00. The van der Waals surface area contributed by atoms with Crippen LogP contribution in [0.3, 0.4) is 0 Å². The Morgan fingerprint density at radius 2 is 2.08 bits per heavy atom. The third-order valence-corrected chi connectivity index (χ3v) is 5.68. The van der Waals surface area contributed by atoms with E-state index in [4.69, 9.17) is 4.74 Å². The molecule has 8 heteroatoms. The molecule has 0 aliphatic carbocycles. The molecule has 0 saturated heterocycles. The fraction of sp³-hybridized carbons (Fsp3) is 0.375. The first-order valence-corrected chi connectivity index (χ1v) is 9.41. The number of hydrogen-bond acceptors (Lipinski definition) is 5. The molecule has 0 bridgehead atoms. The number of amides is 1. The van der Waals surface area contributed by atoms with Crippen molar-refractivity contribution in [2.75, 3.05) is 6.61 Å². The highest BCUT2D eigenvalue weighted by Crippen LogP contribution is 2.27. The standard InChI is InChI=1S/C16H17N3O4S/c20-16(14-10-12-3-1-2-7-19(12)17-14)18-24(21,22)13-4-5-15-11(9-13)6-8-23-15/h4-5,9-10H,1-3,6-8H2,(H,18,20). The van der Waals surface area contributed by atoms with Crippen LogP contribution in [0.5, 0.6) is 5.75 Å². The van der Waals surface area contributed by atoms with Gasteiger partial charge in [-0.3, -0.25) is 9.48 Å². The Hall–Kier alpha value is -2.35. The highest BCUT2D eigenvalue weighted by molar-refractivity contribution is 7.90. The Bertz CT molecular complexity index is 894. The van der Waals surface area contributed by atoms with Crippen LogP contribution in [0, 0.1) is 0 Å². The van der Waals surface area contributed by atoms with E-state index in [1.54, 1.807) is 22.9 Å². The number of ether oxygens (including phenoxy) is 1. The zero-order chi connectivity index (χ0) is 16.7. The van der Waals surface area contributed by atoms with Crippen molar-refractivity contribution >= 4 is 15.9 Å². The van der Waals surface area contributed by atoms with Crippen molar-refractivity contribution in [1.29, 1.82) is 0 Å². The van der Waals surface area contributed by atoms with Crippen molar-refractivity contribution < 1.29 is 17.9 Å². The van der Waals surface area contributed by atoms with Crippen molar-refractivity contribution in [1.82, 2.24) is 14.5 Å². The van der Waals surface area contributed by atoms with E-state index >= 15 is 0 Å². The molecule has 0 radical (unpaired) electrons. The van der Waals surface area contributed by atoms with Gasteiger partial charge in [0, 0.05) is 18.7 Å². The SMILES string of the molecule is O=C(NS(=O)(=O)c1ccc2c(c1)CCO2)c1cc2n(n1)CCCC2. The largest absolute Gasteiger partial charge is 0.493 e. The van der Waals surface area contributed by atoms with Crippen LogP contribution < -0.4 is 9.46 Å². The Labute approximate surface area is 139 Å². The van der Waals surface area contributed by atoms with Crippen LogP contribution in [0.1, 0.15) is 34.6 Å². The Morgan fingerprint density at radius 3 is 2.92 bits per heavy atom. The van der Waals surface area contributed by atoms with E-state index in [0.717, 1.165) is 37.1 Å². The van der Waals surface area contributed by atoms with Gasteiger partial charge in [0.2, 0.25) is 0 Å². The summed E-state index contributed by atoms with van der Waals surface area (Å²) in [4.78, 5) is 12.4. The minimum atomic E-state index is -3.94. The lowest BCUT2D eigenvalue weighted by atomic mass is 10.1. The predicted molar refractivity (Wildman–Crippen MR) is 85.5 cm³/mol. The van der Waals surface area contributed by atoms with Gasteiger partial charge in [-0.2, -0.15) is 5.10 Å². The molecular formula is C16H17N3O4S. The molecule has 2 aliphatic rings. The summed E-state index contributed by atoms with van der Waals surface area (Å²) in [6, 6.07) is 6.28. The maximum absolute atomic E-state index is 12.5. The zero-order valence-electron chi connectivity index (χ0n) is 13.0. The monoisotopic (exact) mass is 347 g/mol. The van der Waals surface area contributed by atoms with E-state index in [9.17, 15) is 13.2 Å². The number of nitrogens with one attached hydrogen (secondary N) is 1. The summed E-state index contributed by atoms with van der Waals surface area (Å²) in [6.07, 6.45) is 3.60. The number of aromatic nitrogens is 2. The molecule has 1 N–H and O–H groups in total. The number of rotatable bonds is 3. The van der Waals surface area contributed by atoms with Gasteiger partial charge >= 0.3 is 0 Å². The summed E-state index contributed by atoms with van der Waals surface area (Å²) < 4.78 is 34.2. The third-order valence-electron chi connectivity index (χ3n) is 4.35. The lowest BCUT2D eigenvalue weighted by Crippen LogP contribution is -2.31. The van der Waals surface area contributed by atoms with Crippen LogP contribution in [0.25, 0.3) is 0 Å². The van der Waals surface area contributed by atoms with E-state index in [-0.39, 0.29) is 10.6 Å². The number of carbonyl (C=O) groups is 1. The third kappa shape index (κ3) is 2.66. The fourth-order valence-electron chi connectivity index (χ4n) is 3.09. The Morgan fingerprint density at radius 1 is 1.21 bits per heavy atom. The second-order valence-corrected chi connectivity index (χ2v) is 7.69. The van der Waals surface area contributed by atoms with Gasteiger partial charge in [0.15, 0.2) is 5.69 Å². The van der Waals surface area contributed by atoms with Crippen LogP contribution >= 0.6 is 0 Å². The summed E-state index contributed by atoms with van der Waals surface area (Å²) in [5.74, 6) is -0.00398. The summed E-state index contributed by atoms with van der Waals surface area (Å²) in [5.41, 5.74) is 1.95. The highest BCUT2D eigenvalue weighted by atomic mass is 32.2. The molecule has 4 rings (SSSR count). The number of sulfonamides is 1. The maximum atomic E-state index is 12.5.